The molecule has 1 atom stereocenters. The van der Waals surface area contributed by atoms with Gasteiger partial charge in [-0.1, -0.05) is 23.8 Å². The third kappa shape index (κ3) is 3.50. The molecule has 2 rings (SSSR count). The maximum atomic E-state index is 5.94. The van der Waals surface area contributed by atoms with Crippen molar-refractivity contribution >= 4 is 46.3 Å². The summed E-state index contributed by atoms with van der Waals surface area (Å²) in [5.74, 6) is 1.27. The number of nitrogens with one attached hydrogen (secondary N) is 1. The van der Waals surface area contributed by atoms with Crippen LogP contribution in [0.1, 0.15) is 18.4 Å². The lowest BCUT2D eigenvalue weighted by molar-refractivity contribution is 0.805. The van der Waals surface area contributed by atoms with E-state index in [1.807, 2.05) is 30.0 Å². The van der Waals surface area contributed by atoms with Crippen molar-refractivity contribution in [2.75, 3.05) is 17.6 Å². The van der Waals surface area contributed by atoms with E-state index < -0.39 is 0 Å². The van der Waals surface area contributed by atoms with Crippen molar-refractivity contribution in [3.05, 3.63) is 28.8 Å². The number of thiocarbonyl (C=S) groups is 1. The molecule has 17 heavy (non-hydrogen) atoms. The van der Waals surface area contributed by atoms with E-state index in [1.165, 1.54) is 18.6 Å². The van der Waals surface area contributed by atoms with E-state index in [1.54, 1.807) is 0 Å². The molecule has 0 saturated carbocycles. The summed E-state index contributed by atoms with van der Waals surface area (Å²) in [4.78, 5) is 0.383. The number of benzene rings is 1. The molecule has 1 saturated heterocycles. The van der Waals surface area contributed by atoms with Crippen molar-refractivity contribution in [3.8, 4) is 0 Å². The highest BCUT2D eigenvalue weighted by molar-refractivity contribution is 8.00. The van der Waals surface area contributed by atoms with E-state index in [9.17, 15) is 0 Å². The molecule has 0 radical (unpaired) electrons. The van der Waals surface area contributed by atoms with Crippen molar-refractivity contribution in [1.29, 1.82) is 0 Å². The summed E-state index contributed by atoms with van der Waals surface area (Å²) in [5.41, 5.74) is 7.50. The van der Waals surface area contributed by atoms with E-state index in [0.717, 1.165) is 17.8 Å². The summed E-state index contributed by atoms with van der Waals surface area (Å²) in [6.45, 7) is 0.960. The number of thioether (sulfide) groups is 1. The third-order valence-electron chi connectivity index (χ3n) is 2.79. The summed E-state index contributed by atoms with van der Waals surface area (Å²) >= 11 is 13.0. The Kier molecular flexibility index (Phi) is 4.54. The van der Waals surface area contributed by atoms with E-state index in [0.29, 0.717) is 15.3 Å². The highest BCUT2D eigenvalue weighted by Gasteiger charge is 2.15. The average Bonchev–Trinajstić information content (AvgIpc) is 2.80. The molecular formula is C12H15ClN2S2. The Morgan fingerprint density at radius 2 is 2.41 bits per heavy atom. The fraction of sp³-hybridized carbons (Fsp3) is 0.417. The highest BCUT2D eigenvalue weighted by atomic mass is 35.5. The van der Waals surface area contributed by atoms with Crippen LogP contribution in [0.3, 0.4) is 0 Å². The summed E-state index contributed by atoms with van der Waals surface area (Å²) in [6, 6.07) is 5.61. The maximum Gasteiger partial charge on any atom is 0.106 e. The van der Waals surface area contributed by atoms with Gasteiger partial charge in [0.1, 0.15) is 4.99 Å². The van der Waals surface area contributed by atoms with Gasteiger partial charge in [-0.3, -0.25) is 0 Å². The number of rotatable bonds is 4. The first kappa shape index (κ1) is 13.0. The molecular weight excluding hydrogens is 272 g/mol. The number of anilines is 1. The first-order valence-electron chi connectivity index (χ1n) is 5.61. The third-order valence-corrected chi connectivity index (χ3v) is 4.64. The van der Waals surface area contributed by atoms with Gasteiger partial charge in [0, 0.05) is 28.1 Å². The Balaban J connectivity index is 2.06. The second-order valence-corrected chi connectivity index (χ2v) is 6.35. The molecule has 0 aromatic heterocycles. The smallest absolute Gasteiger partial charge is 0.106 e. The Labute approximate surface area is 116 Å². The minimum absolute atomic E-state index is 0.383. The number of nitrogens with two attached hydrogens (primary N) is 1. The summed E-state index contributed by atoms with van der Waals surface area (Å²) in [6.07, 6.45) is 2.60. The van der Waals surface area contributed by atoms with E-state index in [4.69, 9.17) is 29.6 Å². The van der Waals surface area contributed by atoms with E-state index in [2.05, 4.69) is 5.32 Å². The molecule has 1 aliphatic rings. The quantitative estimate of drug-likeness (QED) is 0.833. The van der Waals surface area contributed by atoms with Gasteiger partial charge in [0.15, 0.2) is 0 Å². The Morgan fingerprint density at radius 3 is 3.06 bits per heavy atom. The molecule has 0 spiro atoms. The zero-order chi connectivity index (χ0) is 12.3. The van der Waals surface area contributed by atoms with Crippen LogP contribution in [0.5, 0.6) is 0 Å². The largest absolute Gasteiger partial charge is 0.389 e. The van der Waals surface area contributed by atoms with Gasteiger partial charge in [-0.05, 0) is 36.8 Å². The van der Waals surface area contributed by atoms with Crippen molar-refractivity contribution < 1.29 is 0 Å². The molecule has 1 unspecified atom stereocenters. The minimum atomic E-state index is 0.383. The van der Waals surface area contributed by atoms with E-state index in [-0.39, 0.29) is 0 Å². The monoisotopic (exact) mass is 286 g/mol. The van der Waals surface area contributed by atoms with Gasteiger partial charge in [0.2, 0.25) is 0 Å². The molecule has 3 N–H and O–H groups in total. The van der Waals surface area contributed by atoms with Crippen LogP contribution in [0, 0.1) is 0 Å². The van der Waals surface area contributed by atoms with Crippen LogP contribution >= 0.6 is 35.6 Å². The van der Waals surface area contributed by atoms with Gasteiger partial charge in [-0.15, -0.1) is 0 Å². The molecule has 1 aromatic carbocycles. The molecule has 2 nitrogen and oxygen atoms in total. The molecule has 1 aliphatic heterocycles. The fourth-order valence-corrected chi connectivity index (χ4v) is 3.45. The molecule has 0 aliphatic carbocycles. The highest BCUT2D eigenvalue weighted by Crippen LogP contribution is 2.27. The van der Waals surface area contributed by atoms with E-state index >= 15 is 0 Å². The van der Waals surface area contributed by atoms with Gasteiger partial charge >= 0.3 is 0 Å². The average molecular weight is 287 g/mol. The van der Waals surface area contributed by atoms with Crippen LogP contribution in [0.4, 0.5) is 5.69 Å². The van der Waals surface area contributed by atoms with Crippen molar-refractivity contribution in [3.63, 3.8) is 0 Å². The molecule has 0 bridgehead atoms. The van der Waals surface area contributed by atoms with Gasteiger partial charge in [-0.2, -0.15) is 11.8 Å². The van der Waals surface area contributed by atoms with Gasteiger partial charge in [0.25, 0.3) is 0 Å². The van der Waals surface area contributed by atoms with Crippen molar-refractivity contribution in [2.45, 2.75) is 18.1 Å². The number of halogens is 1. The topological polar surface area (TPSA) is 38.0 Å². The SMILES string of the molecule is NC(=S)c1cc(Cl)ccc1NCC1CCCS1. The predicted molar refractivity (Wildman–Crippen MR) is 81.3 cm³/mol. The number of hydrogen-bond donors (Lipinski definition) is 2. The molecule has 92 valence electrons. The summed E-state index contributed by atoms with van der Waals surface area (Å²) in [5, 5.41) is 4.78. The zero-order valence-corrected chi connectivity index (χ0v) is 11.8. The Hall–Kier alpha value is -0.450. The lowest BCUT2D eigenvalue weighted by atomic mass is 10.1. The first-order valence-corrected chi connectivity index (χ1v) is 7.45. The molecule has 1 heterocycles. The molecule has 1 fully saturated rings. The van der Waals surface area contributed by atoms with Crippen molar-refractivity contribution in [1.82, 2.24) is 0 Å². The normalized spacial score (nSPS) is 19.2. The standard InChI is InChI=1S/C12H15ClN2S2/c13-8-3-4-11(10(6-8)12(14)16)15-7-9-2-1-5-17-9/h3-4,6,9,15H,1-2,5,7H2,(H2,14,16). The predicted octanol–water partition coefficient (Wildman–Crippen LogP) is 3.28. The van der Waals surface area contributed by atoms with Crippen LogP contribution in [0.2, 0.25) is 5.02 Å². The van der Waals surface area contributed by atoms with Crippen LogP contribution in [-0.2, 0) is 0 Å². The lowest BCUT2D eigenvalue weighted by Gasteiger charge is -2.14. The molecule has 5 heteroatoms. The van der Waals surface area contributed by atoms with Gasteiger partial charge in [-0.25, -0.2) is 0 Å². The summed E-state index contributed by atoms with van der Waals surface area (Å²) < 4.78 is 0. The Morgan fingerprint density at radius 1 is 1.59 bits per heavy atom. The Bertz CT molecular complexity index is 417. The van der Waals surface area contributed by atoms with Gasteiger partial charge in [0.05, 0.1) is 0 Å². The van der Waals surface area contributed by atoms with Crippen molar-refractivity contribution in [2.24, 2.45) is 5.73 Å². The second kappa shape index (κ2) is 5.94. The minimum Gasteiger partial charge on any atom is -0.389 e. The van der Waals surface area contributed by atoms with Crippen LogP contribution in [-0.4, -0.2) is 22.5 Å². The lowest BCUT2D eigenvalue weighted by Crippen LogP contribution is -2.18. The van der Waals surface area contributed by atoms with Gasteiger partial charge < -0.3 is 11.1 Å². The second-order valence-electron chi connectivity index (χ2n) is 4.07. The first-order chi connectivity index (χ1) is 8.16. The number of hydrogen-bond acceptors (Lipinski definition) is 3. The zero-order valence-electron chi connectivity index (χ0n) is 9.41. The van der Waals surface area contributed by atoms with Crippen LogP contribution < -0.4 is 11.1 Å². The molecule has 0 amide bonds. The van der Waals surface area contributed by atoms with Crippen LogP contribution in [0.25, 0.3) is 0 Å². The maximum absolute atomic E-state index is 5.94. The van der Waals surface area contributed by atoms with Crippen LogP contribution in [0.15, 0.2) is 18.2 Å². The summed E-state index contributed by atoms with van der Waals surface area (Å²) in [7, 11) is 0. The fourth-order valence-electron chi connectivity index (χ4n) is 1.90. The molecule has 1 aromatic rings.